The van der Waals surface area contributed by atoms with Gasteiger partial charge in [-0.05, 0) is 17.7 Å². The molecule has 2 heterocycles. The van der Waals surface area contributed by atoms with Crippen molar-refractivity contribution in [3.63, 3.8) is 0 Å². The summed E-state index contributed by atoms with van der Waals surface area (Å²) in [5.41, 5.74) is 0.722. The fourth-order valence-electron chi connectivity index (χ4n) is 1.18. The van der Waals surface area contributed by atoms with Gasteiger partial charge in [0.1, 0.15) is 6.10 Å². The summed E-state index contributed by atoms with van der Waals surface area (Å²) in [5, 5.41) is 8.44. The summed E-state index contributed by atoms with van der Waals surface area (Å²) in [6.07, 6.45) is 4.20. The molecule has 5 nitrogen and oxygen atoms in total. The van der Waals surface area contributed by atoms with Crippen LogP contribution in [0.15, 0.2) is 24.4 Å². The molecule has 0 aromatic carbocycles. The molecule has 0 aliphatic carbocycles. The van der Waals surface area contributed by atoms with E-state index in [-0.39, 0.29) is 6.10 Å². The molecule has 1 aliphatic heterocycles. The molecule has 1 aromatic heterocycles. The van der Waals surface area contributed by atoms with Crippen LogP contribution in [0.1, 0.15) is 5.56 Å². The molecule has 5 heteroatoms. The number of carbonyl (C=O) groups is 1. The maximum Gasteiger partial charge on any atom is 0.328 e. The Bertz CT molecular complexity index is 395. The largest absolute Gasteiger partial charge is 0.478 e. The highest BCUT2D eigenvalue weighted by Crippen LogP contribution is 2.14. The van der Waals surface area contributed by atoms with Crippen molar-refractivity contribution < 1.29 is 19.4 Å². The van der Waals surface area contributed by atoms with Crippen LogP contribution in [0.3, 0.4) is 0 Å². The Labute approximate surface area is 92.3 Å². The second-order valence-electron chi connectivity index (χ2n) is 3.38. The fourth-order valence-corrected chi connectivity index (χ4v) is 1.18. The molecule has 0 spiro atoms. The lowest BCUT2D eigenvalue weighted by molar-refractivity contribution is -0.131. The standard InChI is InChI=1S/C11H11NO4/c13-11(14)4-2-8-1-3-10(12-5-8)16-9-6-15-7-9/h1-5,9H,6-7H2,(H,13,14)/b4-2+. The van der Waals surface area contributed by atoms with E-state index in [1.807, 2.05) is 0 Å². The Balaban J connectivity index is 1.95. The number of hydrogen-bond acceptors (Lipinski definition) is 4. The summed E-state index contributed by atoms with van der Waals surface area (Å²) < 4.78 is 10.4. The minimum absolute atomic E-state index is 0.0907. The molecule has 1 aliphatic rings. The Morgan fingerprint density at radius 2 is 2.38 bits per heavy atom. The fraction of sp³-hybridized carbons (Fsp3) is 0.273. The number of rotatable bonds is 4. The summed E-state index contributed by atoms with van der Waals surface area (Å²) in [7, 11) is 0. The van der Waals surface area contributed by atoms with Gasteiger partial charge in [0.25, 0.3) is 0 Å². The predicted molar refractivity (Wildman–Crippen MR) is 56.1 cm³/mol. The number of aliphatic carboxylic acids is 1. The zero-order chi connectivity index (χ0) is 11.4. The summed E-state index contributed by atoms with van der Waals surface area (Å²) in [6, 6.07) is 3.46. The normalized spacial score (nSPS) is 16.0. The van der Waals surface area contributed by atoms with Crippen LogP contribution in [0.4, 0.5) is 0 Å². The second kappa shape index (κ2) is 4.76. The summed E-state index contributed by atoms with van der Waals surface area (Å²) in [5.74, 6) is -0.451. The lowest BCUT2D eigenvalue weighted by Gasteiger charge is -2.25. The Hall–Kier alpha value is -1.88. The highest BCUT2D eigenvalue weighted by molar-refractivity contribution is 5.85. The number of aromatic nitrogens is 1. The second-order valence-corrected chi connectivity index (χ2v) is 3.38. The zero-order valence-electron chi connectivity index (χ0n) is 8.50. The molecule has 84 valence electrons. The molecule has 16 heavy (non-hydrogen) atoms. The first-order valence-corrected chi connectivity index (χ1v) is 4.85. The number of pyridine rings is 1. The lowest BCUT2D eigenvalue weighted by atomic mass is 10.2. The van der Waals surface area contributed by atoms with Gasteiger partial charge in [0.2, 0.25) is 5.88 Å². The molecule has 0 unspecified atom stereocenters. The molecule has 0 amide bonds. The molecular formula is C11H11NO4. The predicted octanol–water partition coefficient (Wildman–Crippen LogP) is 0.957. The van der Waals surface area contributed by atoms with Crippen molar-refractivity contribution in [1.29, 1.82) is 0 Å². The molecule has 0 atom stereocenters. The Kier molecular flexibility index (Phi) is 3.16. The maximum absolute atomic E-state index is 10.3. The Morgan fingerprint density at radius 3 is 2.88 bits per heavy atom. The maximum atomic E-state index is 10.3. The highest BCUT2D eigenvalue weighted by atomic mass is 16.6. The van der Waals surface area contributed by atoms with Crippen molar-refractivity contribution in [2.24, 2.45) is 0 Å². The molecule has 1 fully saturated rings. The van der Waals surface area contributed by atoms with Crippen LogP contribution in [0.25, 0.3) is 6.08 Å². The van der Waals surface area contributed by atoms with Crippen LogP contribution in [-0.4, -0.2) is 35.4 Å². The SMILES string of the molecule is O=C(O)/C=C/c1ccc(OC2COC2)nc1. The van der Waals surface area contributed by atoms with Crippen molar-refractivity contribution in [1.82, 2.24) is 4.98 Å². The van der Waals surface area contributed by atoms with Crippen LogP contribution in [0.5, 0.6) is 5.88 Å². The van der Waals surface area contributed by atoms with Gasteiger partial charge in [0, 0.05) is 18.3 Å². The third-order valence-electron chi connectivity index (χ3n) is 2.07. The van der Waals surface area contributed by atoms with Crippen LogP contribution in [-0.2, 0) is 9.53 Å². The summed E-state index contributed by atoms with van der Waals surface area (Å²) in [4.78, 5) is 14.3. The van der Waals surface area contributed by atoms with Crippen molar-refractivity contribution in [3.05, 3.63) is 30.0 Å². The minimum atomic E-state index is -0.980. The van der Waals surface area contributed by atoms with E-state index in [9.17, 15) is 4.79 Å². The van der Waals surface area contributed by atoms with Crippen LogP contribution in [0, 0.1) is 0 Å². The number of carboxylic acids is 1. The number of nitrogens with zero attached hydrogens (tertiary/aromatic N) is 1. The quantitative estimate of drug-likeness (QED) is 0.767. The molecule has 0 bridgehead atoms. The monoisotopic (exact) mass is 221 g/mol. The van der Waals surface area contributed by atoms with E-state index >= 15 is 0 Å². The number of hydrogen-bond donors (Lipinski definition) is 1. The van der Waals surface area contributed by atoms with Crippen molar-refractivity contribution in [2.75, 3.05) is 13.2 Å². The first-order chi connectivity index (χ1) is 7.74. The smallest absolute Gasteiger partial charge is 0.328 e. The van der Waals surface area contributed by atoms with Crippen LogP contribution < -0.4 is 4.74 Å². The van der Waals surface area contributed by atoms with Gasteiger partial charge >= 0.3 is 5.97 Å². The topological polar surface area (TPSA) is 68.7 Å². The van der Waals surface area contributed by atoms with Crippen molar-refractivity contribution in [3.8, 4) is 5.88 Å². The zero-order valence-corrected chi connectivity index (χ0v) is 8.50. The summed E-state index contributed by atoms with van der Waals surface area (Å²) in [6.45, 7) is 1.20. The third-order valence-corrected chi connectivity index (χ3v) is 2.07. The van der Waals surface area contributed by atoms with Crippen molar-refractivity contribution >= 4 is 12.0 Å². The first kappa shape index (κ1) is 10.6. The van der Waals surface area contributed by atoms with Crippen LogP contribution >= 0.6 is 0 Å². The minimum Gasteiger partial charge on any atom is -0.478 e. The van der Waals surface area contributed by atoms with Crippen LogP contribution in [0.2, 0.25) is 0 Å². The molecule has 1 aromatic rings. The molecule has 1 N–H and O–H groups in total. The third kappa shape index (κ3) is 2.80. The number of ether oxygens (including phenoxy) is 2. The molecule has 1 saturated heterocycles. The summed E-state index contributed by atoms with van der Waals surface area (Å²) >= 11 is 0. The van der Waals surface area contributed by atoms with E-state index in [0.29, 0.717) is 19.1 Å². The number of carboxylic acid groups (broad SMARTS) is 1. The van der Waals surface area contributed by atoms with Gasteiger partial charge in [-0.25, -0.2) is 9.78 Å². The Morgan fingerprint density at radius 1 is 1.56 bits per heavy atom. The molecule has 2 rings (SSSR count). The van der Waals surface area contributed by atoms with Gasteiger partial charge in [-0.15, -0.1) is 0 Å². The van der Waals surface area contributed by atoms with Gasteiger partial charge in [0.05, 0.1) is 13.2 Å². The van der Waals surface area contributed by atoms with E-state index in [2.05, 4.69) is 4.98 Å². The van der Waals surface area contributed by atoms with Gasteiger partial charge in [-0.1, -0.05) is 0 Å². The van der Waals surface area contributed by atoms with E-state index in [0.717, 1.165) is 11.6 Å². The molecule has 0 saturated carbocycles. The molecular weight excluding hydrogens is 210 g/mol. The van der Waals surface area contributed by atoms with E-state index < -0.39 is 5.97 Å². The van der Waals surface area contributed by atoms with Crippen molar-refractivity contribution in [2.45, 2.75) is 6.10 Å². The van der Waals surface area contributed by atoms with E-state index in [4.69, 9.17) is 14.6 Å². The van der Waals surface area contributed by atoms with Gasteiger partial charge < -0.3 is 14.6 Å². The first-order valence-electron chi connectivity index (χ1n) is 4.85. The average molecular weight is 221 g/mol. The average Bonchev–Trinajstić information content (AvgIpc) is 2.22. The van der Waals surface area contributed by atoms with Gasteiger partial charge in [0.15, 0.2) is 0 Å². The van der Waals surface area contributed by atoms with Gasteiger partial charge in [-0.3, -0.25) is 0 Å². The highest BCUT2D eigenvalue weighted by Gasteiger charge is 2.20. The lowest BCUT2D eigenvalue weighted by Crippen LogP contribution is -2.38. The van der Waals surface area contributed by atoms with E-state index in [1.165, 1.54) is 6.08 Å². The van der Waals surface area contributed by atoms with Gasteiger partial charge in [-0.2, -0.15) is 0 Å². The van der Waals surface area contributed by atoms with E-state index in [1.54, 1.807) is 18.3 Å². The molecule has 0 radical (unpaired) electrons.